The van der Waals surface area contributed by atoms with Crippen molar-refractivity contribution in [2.75, 3.05) is 5.32 Å². The van der Waals surface area contributed by atoms with E-state index in [9.17, 15) is 14.4 Å². The van der Waals surface area contributed by atoms with Crippen LogP contribution in [-0.4, -0.2) is 28.7 Å². The molecule has 1 saturated heterocycles. The summed E-state index contributed by atoms with van der Waals surface area (Å²) in [6.45, 7) is 1.52. The molecule has 0 saturated carbocycles. The molecule has 3 aliphatic carbocycles. The molecule has 176 valence electrons. The van der Waals surface area contributed by atoms with Gasteiger partial charge in [-0.2, -0.15) is 0 Å². The Morgan fingerprint density at radius 3 is 1.71 bits per heavy atom. The lowest BCUT2D eigenvalue weighted by Gasteiger charge is -2.54. The van der Waals surface area contributed by atoms with Crippen LogP contribution in [0.5, 0.6) is 0 Å². The van der Waals surface area contributed by atoms with Gasteiger partial charge in [-0.15, -0.1) is 23.2 Å². The van der Waals surface area contributed by atoms with Crippen LogP contribution in [0, 0.1) is 11.8 Å². The molecular weight excluding hydrogens is 507 g/mol. The van der Waals surface area contributed by atoms with E-state index in [-0.39, 0.29) is 0 Å². The van der Waals surface area contributed by atoms with Gasteiger partial charge in [0.1, 0.15) is 15.8 Å². The highest BCUT2D eigenvalue weighted by Crippen LogP contribution is 2.69. The second kappa shape index (κ2) is 7.57. The molecular formula is C27H19Cl3N2O3. The second-order valence-electron chi connectivity index (χ2n) is 9.19. The number of alkyl halides is 2. The third-order valence-corrected chi connectivity index (χ3v) is 9.00. The summed E-state index contributed by atoms with van der Waals surface area (Å²) < 4.78 is 0. The van der Waals surface area contributed by atoms with Crippen LogP contribution in [0.25, 0.3) is 0 Å². The average molecular weight is 526 g/mol. The molecule has 3 amide bonds. The van der Waals surface area contributed by atoms with Crippen LogP contribution in [-0.2, 0) is 24.1 Å². The number of hydrogen-bond acceptors (Lipinski definition) is 3. The van der Waals surface area contributed by atoms with Crippen molar-refractivity contribution in [1.29, 1.82) is 0 Å². The first kappa shape index (κ1) is 22.6. The van der Waals surface area contributed by atoms with Crippen LogP contribution < -0.4 is 5.32 Å². The Labute approximate surface area is 217 Å². The monoisotopic (exact) mass is 524 g/mol. The molecule has 1 N–H and O–H groups in total. The van der Waals surface area contributed by atoms with Gasteiger partial charge in [0.25, 0.3) is 0 Å². The Kier molecular flexibility index (Phi) is 4.89. The fraction of sp³-hybridized carbons (Fsp3) is 0.222. The molecule has 0 spiro atoms. The maximum absolute atomic E-state index is 13.9. The fourth-order valence-corrected chi connectivity index (χ4v) is 7.29. The van der Waals surface area contributed by atoms with Crippen molar-refractivity contribution in [3.8, 4) is 0 Å². The highest BCUT2D eigenvalue weighted by atomic mass is 35.5. The smallest absolute Gasteiger partial charge is 0.247 e. The van der Waals surface area contributed by atoms with Crippen molar-refractivity contribution in [3.63, 3.8) is 0 Å². The molecule has 8 heteroatoms. The summed E-state index contributed by atoms with van der Waals surface area (Å²) in [5.74, 6) is -3.40. The second-order valence-corrected chi connectivity index (χ2v) is 10.8. The van der Waals surface area contributed by atoms with E-state index in [0.717, 1.165) is 27.2 Å². The molecule has 1 aliphatic heterocycles. The third-order valence-electron chi connectivity index (χ3n) is 7.48. The number of amides is 3. The molecule has 2 bridgehead atoms. The standard InChI is InChI=1S/C27H19Cl3N2O3/c1-14(23(33)31-16-8-6-7-15(28)13-16)32-24(34)21-22(25(32)35)27(30)18-10-3-2-9-17(18)26(21,29)19-11-4-5-12-20(19)27/h2-14,21-22H,1H3,(H,31,33)/t14-,21-,22+,26?,27?/m0/s1. The molecule has 3 atom stereocenters. The van der Waals surface area contributed by atoms with E-state index < -0.39 is 45.3 Å². The SMILES string of the molecule is C[C@@H](C(=O)Nc1cccc(Cl)c1)N1C(=O)[C@@H]2[C@H](C1=O)C1(Cl)c3ccccc3C2(Cl)c2ccccc21. The zero-order valence-corrected chi connectivity index (χ0v) is 20.7. The van der Waals surface area contributed by atoms with Crippen molar-refractivity contribution >= 4 is 58.2 Å². The lowest BCUT2D eigenvalue weighted by molar-refractivity contribution is -0.146. The summed E-state index contributed by atoms with van der Waals surface area (Å²) in [5, 5.41) is 3.19. The number of likely N-dealkylation sites (tertiary alicyclic amines) is 1. The number of carbonyl (C=O) groups is 3. The summed E-state index contributed by atoms with van der Waals surface area (Å²) in [5.41, 5.74) is 3.34. The normalized spacial score (nSPS) is 28.9. The molecule has 1 heterocycles. The molecule has 0 aromatic heterocycles. The lowest BCUT2D eigenvalue weighted by Crippen LogP contribution is -2.57. The van der Waals surface area contributed by atoms with Crippen molar-refractivity contribution in [3.05, 3.63) is 100 Å². The van der Waals surface area contributed by atoms with Gasteiger partial charge < -0.3 is 5.32 Å². The minimum absolute atomic E-state index is 0.454. The Morgan fingerprint density at radius 1 is 0.829 bits per heavy atom. The number of imide groups is 1. The van der Waals surface area contributed by atoms with Gasteiger partial charge in [-0.1, -0.05) is 66.2 Å². The lowest BCUT2D eigenvalue weighted by atomic mass is 9.54. The molecule has 5 nitrogen and oxygen atoms in total. The topological polar surface area (TPSA) is 66.5 Å². The summed E-state index contributed by atoms with van der Waals surface area (Å²) >= 11 is 20.8. The number of nitrogens with one attached hydrogen (secondary N) is 1. The maximum atomic E-state index is 13.9. The van der Waals surface area contributed by atoms with Crippen molar-refractivity contribution in [1.82, 2.24) is 4.90 Å². The predicted molar refractivity (Wildman–Crippen MR) is 135 cm³/mol. The van der Waals surface area contributed by atoms with Crippen LogP contribution in [0.1, 0.15) is 29.2 Å². The Hall–Kier alpha value is -2.86. The largest absolute Gasteiger partial charge is 0.324 e. The highest BCUT2D eigenvalue weighted by Gasteiger charge is 2.73. The van der Waals surface area contributed by atoms with E-state index in [4.69, 9.17) is 34.8 Å². The summed E-state index contributed by atoms with van der Waals surface area (Å²) in [6.07, 6.45) is 0. The molecule has 1 fully saturated rings. The van der Waals surface area contributed by atoms with Crippen LogP contribution in [0.15, 0.2) is 72.8 Å². The minimum Gasteiger partial charge on any atom is -0.324 e. The van der Waals surface area contributed by atoms with Crippen molar-refractivity contribution in [2.24, 2.45) is 11.8 Å². The van der Waals surface area contributed by atoms with E-state index in [0.29, 0.717) is 10.7 Å². The molecule has 35 heavy (non-hydrogen) atoms. The summed E-state index contributed by atoms with van der Waals surface area (Å²) in [4.78, 5) is 39.4. The minimum atomic E-state index is -1.28. The highest BCUT2D eigenvalue weighted by molar-refractivity contribution is 6.36. The summed E-state index contributed by atoms with van der Waals surface area (Å²) in [6, 6.07) is 20.4. The third kappa shape index (κ3) is 2.80. The number of anilines is 1. The number of hydrogen-bond donors (Lipinski definition) is 1. The van der Waals surface area contributed by atoms with Gasteiger partial charge in [-0.25, -0.2) is 0 Å². The van der Waals surface area contributed by atoms with Gasteiger partial charge in [0.05, 0.1) is 11.8 Å². The predicted octanol–water partition coefficient (Wildman–Crippen LogP) is 5.26. The number of nitrogens with zero attached hydrogens (tertiary/aromatic N) is 1. The first-order valence-electron chi connectivity index (χ1n) is 11.2. The van der Waals surface area contributed by atoms with Crippen LogP contribution in [0.4, 0.5) is 5.69 Å². The van der Waals surface area contributed by atoms with Gasteiger partial charge in [0, 0.05) is 10.7 Å². The van der Waals surface area contributed by atoms with Crippen LogP contribution in [0.3, 0.4) is 0 Å². The van der Waals surface area contributed by atoms with Crippen molar-refractivity contribution < 1.29 is 14.4 Å². The van der Waals surface area contributed by atoms with Crippen molar-refractivity contribution in [2.45, 2.75) is 22.7 Å². The van der Waals surface area contributed by atoms with Gasteiger partial charge in [-0.3, -0.25) is 19.3 Å². The maximum Gasteiger partial charge on any atom is 0.247 e. The van der Waals surface area contributed by atoms with Gasteiger partial charge in [0.2, 0.25) is 17.7 Å². The van der Waals surface area contributed by atoms with Gasteiger partial charge in [-0.05, 0) is 47.4 Å². The molecule has 0 radical (unpaired) electrons. The first-order valence-corrected chi connectivity index (χ1v) is 12.3. The molecule has 3 aromatic carbocycles. The molecule has 0 unspecified atom stereocenters. The van der Waals surface area contributed by atoms with Crippen LogP contribution >= 0.6 is 34.8 Å². The van der Waals surface area contributed by atoms with E-state index >= 15 is 0 Å². The molecule has 4 aliphatic rings. The Balaban J connectivity index is 1.46. The van der Waals surface area contributed by atoms with E-state index in [1.54, 1.807) is 24.3 Å². The number of carbonyl (C=O) groups excluding carboxylic acids is 3. The number of benzene rings is 3. The summed E-state index contributed by atoms with van der Waals surface area (Å²) in [7, 11) is 0. The zero-order chi connectivity index (χ0) is 24.7. The molecule has 3 aromatic rings. The quantitative estimate of drug-likeness (QED) is 0.375. The van der Waals surface area contributed by atoms with E-state index in [2.05, 4.69) is 5.32 Å². The fourth-order valence-electron chi connectivity index (χ4n) is 6.00. The van der Waals surface area contributed by atoms with Gasteiger partial charge >= 0.3 is 0 Å². The van der Waals surface area contributed by atoms with Crippen LogP contribution in [0.2, 0.25) is 5.02 Å². The molecule has 7 rings (SSSR count). The zero-order valence-electron chi connectivity index (χ0n) is 18.5. The number of rotatable bonds is 3. The Bertz CT molecular complexity index is 1320. The number of halogens is 3. The Morgan fingerprint density at radius 2 is 1.29 bits per heavy atom. The first-order chi connectivity index (χ1) is 16.7. The average Bonchev–Trinajstić information content (AvgIpc) is 3.13. The van der Waals surface area contributed by atoms with Gasteiger partial charge in [0.15, 0.2) is 0 Å². The van der Waals surface area contributed by atoms with E-state index in [1.807, 2.05) is 48.5 Å². The van der Waals surface area contributed by atoms with E-state index in [1.165, 1.54) is 6.92 Å².